The van der Waals surface area contributed by atoms with Gasteiger partial charge in [-0.2, -0.15) is 0 Å². The van der Waals surface area contributed by atoms with E-state index in [1.54, 1.807) is 0 Å². The summed E-state index contributed by atoms with van der Waals surface area (Å²) in [5.74, 6) is 0.421. The number of ketones is 1. The van der Waals surface area contributed by atoms with E-state index in [2.05, 4.69) is 31.8 Å². The topological polar surface area (TPSA) is 32.9 Å². The van der Waals surface area contributed by atoms with E-state index >= 15 is 0 Å². The molecular weight excluding hydrogens is 210 g/mol. The van der Waals surface area contributed by atoms with Gasteiger partial charge >= 0.3 is 0 Å². The van der Waals surface area contributed by atoms with Gasteiger partial charge in [-0.05, 0) is 31.4 Å². The van der Waals surface area contributed by atoms with Gasteiger partial charge in [-0.1, -0.05) is 26.0 Å². The molecule has 0 bridgehead atoms. The fourth-order valence-corrected chi connectivity index (χ4v) is 2.44. The van der Waals surface area contributed by atoms with Crippen LogP contribution in [0.15, 0.2) is 24.4 Å². The molecule has 0 spiro atoms. The number of aryl methyl sites for hydroxylation is 1. The number of hydrogen-bond donors (Lipinski definition) is 1. The predicted molar refractivity (Wildman–Crippen MR) is 71.4 cm³/mol. The lowest BCUT2D eigenvalue weighted by molar-refractivity contribution is 0.0915. The number of fused-ring (bicyclic) bond motifs is 1. The highest BCUT2D eigenvalue weighted by molar-refractivity contribution is 6.09. The summed E-state index contributed by atoms with van der Waals surface area (Å²) < 4.78 is 0. The third kappa shape index (κ3) is 1.99. The molecule has 17 heavy (non-hydrogen) atoms. The van der Waals surface area contributed by atoms with Crippen LogP contribution in [0.2, 0.25) is 0 Å². The van der Waals surface area contributed by atoms with E-state index in [4.69, 9.17) is 0 Å². The summed E-state index contributed by atoms with van der Waals surface area (Å²) in [6.45, 7) is 6.21. The van der Waals surface area contributed by atoms with Crippen LogP contribution in [-0.4, -0.2) is 10.8 Å². The number of aromatic amines is 1. The number of nitrogens with one attached hydrogen (secondary N) is 1. The molecule has 0 aliphatic carbocycles. The molecule has 0 aliphatic heterocycles. The maximum Gasteiger partial charge on any atom is 0.168 e. The molecule has 2 nitrogen and oxygen atoms in total. The van der Waals surface area contributed by atoms with E-state index in [0.717, 1.165) is 34.9 Å². The zero-order chi connectivity index (χ0) is 12.4. The van der Waals surface area contributed by atoms with Crippen LogP contribution in [0.4, 0.5) is 0 Å². The smallest absolute Gasteiger partial charge is 0.168 e. The third-order valence-electron chi connectivity index (χ3n) is 3.54. The average Bonchev–Trinajstić information content (AvgIpc) is 2.75. The van der Waals surface area contributed by atoms with Crippen molar-refractivity contribution in [2.75, 3.05) is 0 Å². The molecule has 1 aromatic carbocycles. The zero-order valence-corrected chi connectivity index (χ0v) is 10.7. The fourth-order valence-electron chi connectivity index (χ4n) is 2.44. The Morgan fingerprint density at radius 1 is 1.29 bits per heavy atom. The fraction of sp³-hybridized carbons (Fsp3) is 0.400. The number of Topliss-reactive ketones (excluding diaryl/α,β-unsaturated/α-hetero) is 1. The van der Waals surface area contributed by atoms with Crippen molar-refractivity contribution >= 4 is 16.7 Å². The van der Waals surface area contributed by atoms with E-state index < -0.39 is 0 Å². The van der Waals surface area contributed by atoms with Gasteiger partial charge in [0, 0.05) is 28.6 Å². The second-order valence-corrected chi connectivity index (χ2v) is 4.58. The Labute approximate surface area is 102 Å². The quantitative estimate of drug-likeness (QED) is 0.787. The van der Waals surface area contributed by atoms with E-state index in [1.807, 2.05) is 18.3 Å². The van der Waals surface area contributed by atoms with Gasteiger partial charge in [-0.3, -0.25) is 4.79 Å². The SMILES string of the molecule is CCC(CC)C(=O)c1c[nH]c2cccc(C)c12. The van der Waals surface area contributed by atoms with Crippen molar-refractivity contribution in [3.8, 4) is 0 Å². The van der Waals surface area contributed by atoms with Crippen molar-refractivity contribution < 1.29 is 4.79 Å². The second-order valence-electron chi connectivity index (χ2n) is 4.58. The minimum absolute atomic E-state index is 0.147. The first-order chi connectivity index (χ1) is 8.19. The molecular formula is C15H19NO. The highest BCUT2D eigenvalue weighted by Crippen LogP contribution is 2.26. The first-order valence-electron chi connectivity index (χ1n) is 6.29. The molecule has 0 fully saturated rings. The largest absolute Gasteiger partial charge is 0.360 e. The Balaban J connectivity index is 2.52. The summed E-state index contributed by atoms with van der Waals surface area (Å²) in [7, 11) is 0. The summed E-state index contributed by atoms with van der Waals surface area (Å²) in [5.41, 5.74) is 3.07. The summed E-state index contributed by atoms with van der Waals surface area (Å²) in [6.07, 6.45) is 3.68. The number of H-pyrrole nitrogens is 1. The molecule has 0 amide bonds. The van der Waals surface area contributed by atoms with Gasteiger partial charge in [0.15, 0.2) is 5.78 Å². The molecule has 1 aromatic heterocycles. The molecule has 90 valence electrons. The van der Waals surface area contributed by atoms with Crippen molar-refractivity contribution in [2.24, 2.45) is 5.92 Å². The summed E-state index contributed by atoms with van der Waals surface area (Å²) in [5, 5.41) is 1.09. The van der Waals surface area contributed by atoms with Gasteiger partial charge in [-0.25, -0.2) is 0 Å². The maximum absolute atomic E-state index is 12.4. The van der Waals surface area contributed by atoms with Crippen molar-refractivity contribution in [3.63, 3.8) is 0 Å². The second kappa shape index (κ2) is 4.74. The average molecular weight is 229 g/mol. The molecule has 2 rings (SSSR count). The van der Waals surface area contributed by atoms with Gasteiger partial charge in [0.25, 0.3) is 0 Å². The van der Waals surface area contributed by atoms with E-state index in [1.165, 1.54) is 0 Å². The van der Waals surface area contributed by atoms with Gasteiger partial charge < -0.3 is 4.98 Å². The lowest BCUT2D eigenvalue weighted by atomic mass is 9.92. The Morgan fingerprint density at radius 2 is 2.00 bits per heavy atom. The van der Waals surface area contributed by atoms with Gasteiger partial charge in [0.05, 0.1) is 0 Å². The number of hydrogen-bond acceptors (Lipinski definition) is 1. The summed E-state index contributed by atoms with van der Waals surface area (Å²) >= 11 is 0. The lowest BCUT2D eigenvalue weighted by Crippen LogP contribution is -2.12. The van der Waals surface area contributed by atoms with E-state index in [9.17, 15) is 4.79 Å². The van der Waals surface area contributed by atoms with Gasteiger partial charge in [-0.15, -0.1) is 0 Å². The Bertz CT molecular complexity index is 535. The highest BCUT2D eigenvalue weighted by Gasteiger charge is 2.20. The highest BCUT2D eigenvalue weighted by atomic mass is 16.1. The summed E-state index contributed by atoms with van der Waals surface area (Å²) in [4.78, 5) is 15.6. The van der Waals surface area contributed by atoms with Crippen molar-refractivity contribution in [2.45, 2.75) is 33.6 Å². The number of carbonyl (C=O) groups excluding carboxylic acids is 1. The van der Waals surface area contributed by atoms with Crippen LogP contribution in [0.1, 0.15) is 42.6 Å². The Kier molecular flexibility index (Phi) is 3.32. The Morgan fingerprint density at radius 3 is 2.65 bits per heavy atom. The molecule has 2 heteroatoms. The first-order valence-corrected chi connectivity index (χ1v) is 6.29. The number of carbonyl (C=O) groups is 1. The van der Waals surface area contributed by atoms with E-state index in [-0.39, 0.29) is 11.7 Å². The molecule has 1 heterocycles. The van der Waals surface area contributed by atoms with Crippen LogP contribution in [0.5, 0.6) is 0 Å². The Hall–Kier alpha value is -1.57. The van der Waals surface area contributed by atoms with Crippen LogP contribution in [0, 0.1) is 12.8 Å². The summed E-state index contributed by atoms with van der Waals surface area (Å²) in [6, 6.07) is 6.09. The van der Waals surface area contributed by atoms with Crippen molar-refractivity contribution in [1.82, 2.24) is 4.98 Å². The van der Waals surface area contributed by atoms with Crippen LogP contribution >= 0.6 is 0 Å². The minimum Gasteiger partial charge on any atom is -0.360 e. The van der Waals surface area contributed by atoms with E-state index in [0.29, 0.717) is 0 Å². The minimum atomic E-state index is 0.147. The molecule has 2 aromatic rings. The monoisotopic (exact) mass is 229 g/mol. The molecule has 0 aliphatic rings. The molecule has 0 saturated carbocycles. The van der Waals surface area contributed by atoms with Crippen molar-refractivity contribution in [3.05, 3.63) is 35.5 Å². The van der Waals surface area contributed by atoms with Gasteiger partial charge in [0.1, 0.15) is 0 Å². The standard InChI is InChI=1S/C15H19NO/c1-4-11(5-2)15(17)12-9-16-13-8-6-7-10(3)14(12)13/h6-9,11,16H,4-5H2,1-3H3. The number of aromatic nitrogens is 1. The van der Waals surface area contributed by atoms with Crippen LogP contribution < -0.4 is 0 Å². The molecule has 0 unspecified atom stereocenters. The third-order valence-corrected chi connectivity index (χ3v) is 3.54. The zero-order valence-electron chi connectivity index (χ0n) is 10.7. The number of rotatable bonds is 4. The van der Waals surface area contributed by atoms with Gasteiger partial charge in [0.2, 0.25) is 0 Å². The molecule has 0 radical (unpaired) electrons. The maximum atomic E-state index is 12.4. The normalized spacial score (nSPS) is 11.3. The predicted octanol–water partition coefficient (Wildman–Crippen LogP) is 4.10. The van der Waals surface area contributed by atoms with Crippen LogP contribution in [-0.2, 0) is 0 Å². The molecule has 1 N–H and O–H groups in total. The molecule has 0 saturated heterocycles. The number of benzene rings is 1. The van der Waals surface area contributed by atoms with Crippen molar-refractivity contribution in [1.29, 1.82) is 0 Å². The van der Waals surface area contributed by atoms with Crippen LogP contribution in [0.25, 0.3) is 10.9 Å². The molecule has 0 atom stereocenters. The first kappa shape index (κ1) is 11.9. The lowest BCUT2D eigenvalue weighted by Gasteiger charge is -2.10. The van der Waals surface area contributed by atoms with Crippen LogP contribution in [0.3, 0.4) is 0 Å².